The van der Waals surface area contributed by atoms with Crippen LogP contribution >= 0.6 is 0 Å². The zero-order valence-electron chi connectivity index (χ0n) is 37.4. The number of imide groups is 2. The minimum Gasteiger partial charge on any atom is -0.378 e. The minimum atomic E-state index is -0.379. The van der Waals surface area contributed by atoms with E-state index in [1.54, 1.807) is 11.0 Å². The van der Waals surface area contributed by atoms with E-state index in [1.165, 1.54) is 9.80 Å². The molecule has 0 aromatic heterocycles. The van der Waals surface area contributed by atoms with Crippen molar-refractivity contribution in [3.05, 3.63) is 82.9 Å². The first-order valence-corrected chi connectivity index (χ1v) is 22.6. The first kappa shape index (κ1) is 45.1. The number of amides is 5. The number of likely N-dealkylation sites (N-methyl/N-ethyl adjacent to an activating group) is 3. The predicted molar refractivity (Wildman–Crippen MR) is 247 cm³/mol. The molecule has 340 valence electrons. The Bertz CT molecular complexity index is 2350. The molecule has 4 heterocycles. The molecular weight excluding hydrogens is 815 g/mol. The quantitative estimate of drug-likeness (QED) is 0.109. The molecule has 0 atom stereocenters. The highest BCUT2D eigenvalue weighted by molar-refractivity contribution is 6.28. The lowest BCUT2D eigenvalue weighted by atomic mass is 9.92. The Morgan fingerprint density at radius 1 is 0.578 bits per heavy atom. The topological polar surface area (TPSA) is 156 Å². The van der Waals surface area contributed by atoms with Crippen LogP contribution in [-0.2, 0) is 14.3 Å². The molecular formula is C48H61N9O7. The second-order valence-corrected chi connectivity index (χ2v) is 17.3. The van der Waals surface area contributed by atoms with Crippen molar-refractivity contribution in [2.75, 3.05) is 156 Å². The SMILES string of the molecule is CN(CCCN(CCN1C(=O)c2cccc3c(N4CCN(C)CC4)ccc(c23)C1=O)C(=O)COCCOCCN)CCN1C(=O)c2cccc3c(N4CCN(C)CC4)ccc(c23)C1=O. The number of nitrogens with zero attached hydrogens (tertiary/aromatic N) is 8. The van der Waals surface area contributed by atoms with Gasteiger partial charge in [0.15, 0.2) is 0 Å². The Morgan fingerprint density at radius 2 is 1.05 bits per heavy atom. The van der Waals surface area contributed by atoms with Crippen molar-refractivity contribution in [1.82, 2.24) is 29.4 Å². The Labute approximate surface area is 375 Å². The number of piperazine rings is 2. The highest BCUT2D eigenvalue weighted by atomic mass is 16.5. The van der Waals surface area contributed by atoms with Gasteiger partial charge in [-0.1, -0.05) is 24.3 Å². The number of rotatable bonds is 19. The van der Waals surface area contributed by atoms with Gasteiger partial charge in [-0.2, -0.15) is 0 Å². The van der Waals surface area contributed by atoms with Crippen molar-refractivity contribution in [2.45, 2.75) is 6.42 Å². The maximum absolute atomic E-state index is 14.1. The summed E-state index contributed by atoms with van der Waals surface area (Å²) in [6.45, 7) is 9.99. The number of carbonyl (C=O) groups excluding carboxylic acids is 5. The van der Waals surface area contributed by atoms with Crippen molar-refractivity contribution < 1.29 is 33.4 Å². The minimum absolute atomic E-state index is 0.0131. The fraction of sp³-hybridized carbons (Fsp3) is 0.479. The molecule has 4 aromatic carbocycles. The van der Waals surface area contributed by atoms with E-state index in [0.717, 1.165) is 79.9 Å². The van der Waals surface area contributed by atoms with Crippen LogP contribution in [0.25, 0.3) is 21.5 Å². The van der Waals surface area contributed by atoms with Gasteiger partial charge >= 0.3 is 0 Å². The van der Waals surface area contributed by atoms with Gasteiger partial charge in [-0.15, -0.1) is 0 Å². The maximum Gasteiger partial charge on any atom is 0.261 e. The molecule has 4 aromatic rings. The predicted octanol–water partition coefficient (Wildman–Crippen LogP) is 2.53. The fourth-order valence-corrected chi connectivity index (χ4v) is 9.36. The number of carbonyl (C=O) groups is 5. The molecule has 0 radical (unpaired) electrons. The van der Waals surface area contributed by atoms with Crippen LogP contribution in [0.2, 0.25) is 0 Å². The van der Waals surface area contributed by atoms with E-state index >= 15 is 0 Å². The first-order chi connectivity index (χ1) is 31.0. The summed E-state index contributed by atoms with van der Waals surface area (Å²) in [7, 11) is 6.14. The summed E-state index contributed by atoms with van der Waals surface area (Å²) in [5.74, 6) is -1.63. The second kappa shape index (κ2) is 20.1. The van der Waals surface area contributed by atoms with Gasteiger partial charge in [0.05, 0.1) is 19.8 Å². The maximum atomic E-state index is 14.1. The Balaban J connectivity index is 0.897. The lowest BCUT2D eigenvalue weighted by Gasteiger charge is -2.36. The average Bonchev–Trinajstić information content (AvgIpc) is 3.30. The van der Waals surface area contributed by atoms with Crippen LogP contribution in [0.4, 0.5) is 11.4 Å². The highest BCUT2D eigenvalue weighted by Crippen LogP contribution is 2.38. The molecule has 2 N–H and O–H groups in total. The van der Waals surface area contributed by atoms with Crippen molar-refractivity contribution in [2.24, 2.45) is 5.73 Å². The second-order valence-electron chi connectivity index (χ2n) is 17.3. The Morgan fingerprint density at radius 3 is 1.55 bits per heavy atom. The van der Waals surface area contributed by atoms with Crippen molar-refractivity contribution in [3.8, 4) is 0 Å². The zero-order chi connectivity index (χ0) is 44.9. The van der Waals surface area contributed by atoms with Gasteiger partial charge in [0.2, 0.25) is 5.91 Å². The number of anilines is 2. The number of nitrogens with two attached hydrogens (primary N) is 1. The first-order valence-electron chi connectivity index (χ1n) is 22.6. The van der Waals surface area contributed by atoms with E-state index in [4.69, 9.17) is 15.2 Å². The number of hydrogen-bond donors (Lipinski definition) is 1. The molecule has 0 aliphatic carbocycles. The standard InChI is InChI=1S/C48H61N9O7/c1-50(22-28-56-45(59)36-9-4-7-34-40(53-23-18-51(2)19-24-53)13-11-38(43(34)36)47(56)61)16-6-17-55(42(58)33-64-32-31-63-30-15-49)27-29-57-46(60)37-10-5-8-35-41(54-25-20-52(3)21-26-54)14-12-39(44(35)37)48(57)62/h4-5,7-14H,6,15-33,49H2,1-3H3. The molecule has 2 fully saturated rings. The third-order valence-electron chi connectivity index (χ3n) is 13.1. The van der Waals surface area contributed by atoms with E-state index in [1.807, 2.05) is 66.5 Å². The van der Waals surface area contributed by atoms with Gasteiger partial charge in [0.25, 0.3) is 23.6 Å². The van der Waals surface area contributed by atoms with E-state index in [9.17, 15) is 24.0 Å². The van der Waals surface area contributed by atoms with Gasteiger partial charge in [-0.05, 0) is 70.5 Å². The van der Waals surface area contributed by atoms with Gasteiger partial charge in [0.1, 0.15) is 6.61 Å². The third-order valence-corrected chi connectivity index (χ3v) is 13.1. The summed E-state index contributed by atoms with van der Waals surface area (Å²) in [5.41, 5.74) is 9.60. The Hall–Kier alpha value is -5.49. The van der Waals surface area contributed by atoms with Gasteiger partial charge < -0.3 is 44.6 Å². The molecule has 8 rings (SSSR count). The number of hydrogen-bond acceptors (Lipinski definition) is 13. The summed E-state index contributed by atoms with van der Waals surface area (Å²) in [4.78, 5) is 85.0. The summed E-state index contributed by atoms with van der Waals surface area (Å²) < 4.78 is 11.0. The van der Waals surface area contributed by atoms with Gasteiger partial charge in [-0.25, -0.2) is 0 Å². The zero-order valence-corrected chi connectivity index (χ0v) is 37.4. The van der Waals surface area contributed by atoms with Crippen LogP contribution in [0, 0.1) is 0 Å². The largest absolute Gasteiger partial charge is 0.378 e. The molecule has 4 aliphatic heterocycles. The number of benzene rings is 4. The van der Waals surface area contributed by atoms with Crippen LogP contribution in [0.15, 0.2) is 60.7 Å². The van der Waals surface area contributed by atoms with Crippen LogP contribution in [0.3, 0.4) is 0 Å². The number of ether oxygens (including phenoxy) is 2. The monoisotopic (exact) mass is 875 g/mol. The highest BCUT2D eigenvalue weighted by Gasteiger charge is 2.36. The van der Waals surface area contributed by atoms with Gasteiger partial charge in [-0.3, -0.25) is 33.8 Å². The van der Waals surface area contributed by atoms with Crippen molar-refractivity contribution in [1.29, 1.82) is 0 Å². The van der Waals surface area contributed by atoms with E-state index in [0.29, 0.717) is 73.5 Å². The van der Waals surface area contributed by atoms with E-state index < -0.39 is 0 Å². The summed E-state index contributed by atoms with van der Waals surface area (Å²) in [5, 5.41) is 3.21. The molecule has 0 bridgehead atoms. The van der Waals surface area contributed by atoms with Crippen molar-refractivity contribution >= 4 is 62.5 Å². The molecule has 0 saturated carbocycles. The van der Waals surface area contributed by atoms with E-state index in [-0.39, 0.29) is 62.4 Å². The van der Waals surface area contributed by atoms with Crippen LogP contribution in [0.5, 0.6) is 0 Å². The molecule has 5 amide bonds. The van der Waals surface area contributed by atoms with Crippen LogP contribution < -0.4 is 15.5 Å². The molecule has 0 unspecified atom stereocenters. The Kier molecular flexibility index (Phi) is 14.2. The molecule has 4 aliphatic rings. The lowest BCUT2D eigenvalue weighted by Crippen LogP contribution is -2.47. The lowest BCUT2D eigenvalue weighted by molar-refractivity contribution is -0.137. The van der Waals surface area contributed by atoms with Gasteiger partial charge in [0, 0.05) is 147 Å². The summed E-state index contributed by atoms with van der Waals surface area (Å²) in [6.07, 6.45) is 0.556. The van der Waals surface area contributed by atoms with E-state index in [2.05, 4.69) is 33.7 Å². The molecule has 16 nitrogen and oxygen atoms in total. The van der Waals surface area contributed by atoms with Crippen molar-refractivity contribution in [3.63, 3.8) is 0 Å². The normalized spacial score (nSPS) is 17.2. The fourth-order valence-electron chi connectivity index (χ4n) is 9.36. The van der Waals surface area contributed by atoms with Crippen LogP contribution in [0.1, 0.15) is 47.9 Å². The molecule has 64 heavy (non-hydrogen) atoms. The van der Waals surface area contributed by atoms with Crippen LogP contribution in [-0.4, -0.2) is 205 Å². The average molecular weight is 876 g/mol. The molecule has 2 saturated heterocycles. The summed E-state index contributed by atoms with van der Waals surface area (Å²) >= 11 is 0. The molecule has 16 heteroatoms. The summed E-state index contributed by atoms with van der Waals surface area (Å²) in [6, 6.07) is 19.0. The third kappa shape index (κ3) is 9.34. The molecule has 0 spiro atoms. The smallest absolute Gasteiger partial charge is 0.261 e.